The van der Waals surface area contributed by atoms with Crippen molar-refractivity contribution >= 4 is 10.0 Å². The zero-order valence-corrected chi connectivity index (χ0v) is 13.3. The number of benzene rings is 1. The van der Waals surface area contributed by atoms with Gasteiger partial charge in [-0.2, -0.15) is 4.31 Å². The van der Waals surface area contributed by atoms with E-state index in [2.05, 4.69) is 12.2 Å². The molecule has 6 heteroatoms. The normalized spacial score (nSPS) is 17.0. The first-order chi connectivity index (χ1) is 10.1. The molecule has 118 valence electrons. The molecule has 1 aromatic carbocycles. The van der Waals surface area contributed by atoms with Crippen molar-refractivity contribution in [1.29, 1.82) is 0 Å². The number of sulfonamides is 1. The van der Waals surface area contributed by atoms with Crippen LogP contribution < -0.4 is 5.32 Å². The van der Waals surface area contributed by atoms with Gasteiger partial charge in [0.2, 0.25) is 10.0 Å². The average Bonchev–Trinajstić information content (AvgIpc) is 2.48. The molecule has 2 rings (SSSR count). The highest BCUT2D eigenvalue weighted by Gasteiger charge is 2.28. The summed E-state index contributed by atoms with van der Waals surface area (Å²) in [6, 6.07) is 4.39. The Hall–Kier alpha value is -0.980. The van der Waals surface area contributed by atoms with Gasteiger partial charge in [0.25, 0.3) is 0 Å². The van der Waals surface area contributed by atoms with Gasteiger partial charge in [-0.05, 0) is 43.5 Å². The Balaban J connectivity index is 2.15. The van der Waals surface area contributed by atoms with Crippen LogP contribution in [-0.2, 0) is 16.6 Å². The van der Waals surface area contributed by atoms with Crippen molar-refractivity contribution in [3.63, 3.8) is 0 Å². The summed E-state index contributed by atoms with van der Waals surface area (Å²) in [5.41, 5.74) is 0.763. The van der Waals surface area contributed by atoms with Gasteiger partial charge in [0, 0.05) is 19.6 Å². The molecule has 0 amide bonds. The van der Waals surface area contributed by atoms with E-state index in [-0.39, 0.29) is 4.90 Å². The lowest BCUT2D eigenvalue weighted by Gasteiger charge is -2.26. The van der Waals surface area contributed by atoms with Crippen LogP contribution in [0.4, 0.5) is 4.39 Å². The quantitative estimate of drug-likeness (QED) is 0.821. The summed E-state index contributed by atoms with van der Waals surface area (Å²) in [7, 11) is -3.70. The van der Waals surface area contributed by atoms with Crippen LogP contribution in [0, 0.1) is 5.82 Å². The Kier molecular flexibility index (Phi) is 5.72. The smallest absolute Gasteiger partial charge is 0.245 e. The number of halogens is 1. The van der Waals surface area contributed by atoms with Crippen molar-refractivity contribution in [2.45, 2.75) is 44.0 Å². The van der Waals surface area contributed by atoms with Crippen molar-refractivity contribution in [1.82, 2.24) is 9.62 Å². The molecule has 0 atom stereocenters. The lowest BCUT2D eigenvalue weighted by molar-refractivity contribution is 0.345. The second-order valence-electron chi connectivity index (χ2n) is 5.41. The lowest BCUT2D eigenvalue weighted by Crippen LogP contribution is -2.36. The molecule has 4 nitrogen and oxygen atoms in total. The van der Waals surface area contributed by atoms with E-state index >= 15 is 0 Å². The first-order valence-electron chi connectivity index (χ1n) is 7.55. The SMILES string of the molecule is CCCNCc1ccc(S(=O)(=O)N2CCCCC2)c(F)c1. The molecular formula is C15H23FN2O2S. The Labute approximate surface area is 126 Å². The van der Waals surface area contributed by atoms with Crippen LogP contribution in [-0.4, -0.2) is 32.4 Å². The van der Waals surface area contributed by atoms with Crippen LogP contribution in [0.15, 0.2) is 23.1 Å². The minimum absolute atomic E-state index is 0.205. The fourth-order valence-electron chi connectivity index (χ4n) is 2.52. The number of nitrogens with one attached hydrogen (secondary N) is 1. The average molecular weight is 314 g/mol. The maximum Gasteiger partial charge on any atom is 0.245 e. The third-order valence-corrected chi connectivity index (χ3v) is 5.62. The Bertz CT molecular complexity index is 569. The monoisotopic (exact) mass is 314 g/mol. The minimum atomic E-state index is -3.70. The maximum atomic E-state index is 14.2. The molecule has 0 saturated carbocycles. The van der Waals surface area contributed by atoms with E-state index in [4.69, 9.17) is 0 Å². The molecule has 1 aliphatic rings. The number of rotatable bonds is 6. The van der Waals surface area contributed by atoms with Crippen molar-refractivity contribution < 1.29 is 12.8 Å². The summed E-state index contributed by atoms with van der Waals surface area (Å²) in [5.74, 6) is -0.656. The molecule has 1 N–H and O–H groups in total. The van der Waals surface area contributed by atoms with Crippen molar-refractivity contribution in [3.05, 3.63) is 29.6 Å². The predicted octanol–water partition coefficient (Wildman–Crippen LogP) is 2.50. The van der Waals surface area contributed by atoms with Gasteiger partial charge in [-0.15, -0.1) is 0 Å². The Morgan fingerprint density at radius 2 is 1.95 bits per heavy atom. The fraction of sp³-hybridized carbons (Fsp3) is 0.600. The fourth-order valence-corrected chi connectivity index (χ4v) is 4.08. The summed E-state index contributed by atoms with van der Waals surface area (Å²) in [6.07, 6.45) is 3.74. The molecule has 0 bridgehead atoms. The minimum Gasteiger partial charge on any atom is -0.313 e. The van der Waals surface area contributed by atoms with Gasteiger partial charge < -0.3 is 5.32 Å². The number of piperidine rings is 1. The second-order valence-corrected chi connectivity index (χ2v) is 7.31. The molecule has 0 unspecified atom stereocenters. The second kappa shape index (κ2) is 7.33. The van der Waals surface area contributed by atoms with Crippen LogP contribution in [0.1, 0.15) is 38.2 Å². The van der Waals surface area contributed by atoms with Gasteiger partial charge in [-0.25, -0.2) is 12.8 Å². The highest BCUT2D eigenvalue weighted by atomic mass is 32.2. The van der Waals surface area contributed by atoms with E-state index in [0.717, 1.165) is 37.8 Å². The number of nitrogens with zero attached hydrogens (tertiary/aromatic N) is 1. The molecule has 0 aliphatic carbocycles. The molecule has 0 aromatic heterocycles. The van der Waals surface area contributed by atoms with Crippen molar-refractivity contribution in [2.24, 2.45) is 0 Å². The molecule has 1 aromatic rings. The standard InChI is InChI=1S/C15H23FN2O2S/c1-2-8-17-12-13-6-7-15(14(16)11-13)21(19,20)18-9-4-3-5-10-18/h6-7,11,17H,2-5,8-10,12H2,1H3. The Morgan fingerprint density at radius 1 is 1.24 bits per heavy atom. The van der Waals surface area contributed by atoms with Crippen LogP contribution in [0.3, 0.4) is 0 Å². The summed E-state index contributed by atoms with van der Waals surface area (Å²) in [5, 5.41) is 3.17. The molecule has 0 radical (unpaired) electrons. The van der Waals surface area contributed by atoms with Gasteiger partial charge in [-0.3, -0.25) is 0 Å². The number of hydrogen-bond donors (Lipinski definition) is 1. The largest absolute Gasteiger partial charge is 0.313 e. The summed E-state index contributed by atoms with van der Waals surface area (Å²) in [6.45, 7) is 4.44. The van der Waals surface area contributed by atoms with Gasteiger partial charge in [0.05, 0.1) is 0 Å². The topological polar surface area (TPSA) is 49.4 Å². The van der Waals surface area contributed by atoms with Gasteiger partial charge in [-0.1, -0.05) is 19.4 Å². The van der Waals surface area contributed by atoms with Crippen LogP contribution in [0.2, 0.25) is 0 Å². The van der Waals surface area contributed by atoms with Crippen LogP contribution >= 0.6 is 0 Å². The first kappa shape index (κ1) is 16.4. The van der Waals surface area contributed by atoms with Gasteiger partial charge >= 0.3 is 0 Å². The number of hydrogen-bond acceptors (Lipinski definition) is 3. The molecular weight excluding hydrogens is 291 g/mol. The highest BCUT2D eigenvalue weighted by molar-refractivity contribution is 7.89. The first-order valence-corrected chi connectivity index (χ1v) is 8.99. The van der Waals surface area contributed by atoms with E-state index < -0.39 is 15.8 Å². The summed E-state index contributed by atoms with van der Waals surface area (Å²) < 4.78 is 40.5. The van der Waals surface area contributed by atoms with E-state index in [0.29, 0.717) is 19.6 Å². The third-order valence-electron chi connectivity index (χ3n) is 3.69. The molecule has 1 heterocycles. The zero-order valence-electron chi connectivity index (χ0n) is 12.4. The van der Waals surface area contributed by atoms with E-state index in [1.165, 1.54) is 16.4 Å². The van der Waals surface area contributed by atoms with Crippen LogP contribution in [0.25, 0.3) is 0 Å². The Morgan fingerprint density at radius 3 is 2.57 bits per heavy atom. The molecule has 1 fully saturated rings. The van der Waals surface area contributed by atoms with Gasteiger partial charge in [0.15, 0.2) is 0 Å². The highest BCUT2D eigenvalue weighted by Crippen LogP contribution is 2.23. The van der Waals surface area contributed by atoms with E-state index in [9.17, 15) is 12.8 Å². The molecule has 0 spiro atoms. The zero-order chi connectivity index (χ0) is 15.3. The summed E-state index contributed by atoms with van der Waals surface area (Å²) in [4.78, 5) is -0.205. The third kappa shape index (κ3) is 4.02. The predicted molar refractivity (Wildman–Crippen MR) is 81.0 cm³/mol. The molecule has 1 saturated heterocycles. The van der Waals surface area contributed by atoms with Crippen molar-refractivity contribution in [2.75, 3.05) is 19.6 Å². The molecule has 21 heavy (non-hydrogen) atoms. The van der Waals surface area contributed by atoms with Crippen LogP contribution in [0.5, 0.6) is 0 Å². The van der Waals surface area contributed by atoms with E-state index in [1.54, 1.807) is 6.07 Å². The molecule has 1 aliphatic heterocycles. The lowest BCUT2D eigenvalue weighted by atomic mass is 10.2. The van der Waals surface area contributed by atoms with Crippen molar-refractivity contribution in [3.8, 4) is 0 Å². The van der Waals surface area contributed by atoms with Gasteiger partial charge in [0.1, 0.15) is 10.7 Å². The summed E-state index contributed by atoms with van der Waals surface area (Å²) >= 11 is 0. The maximum absolute atomic E-state index is 14.2. The van der Waals surface area contributed by atoms with E-state index in [1.807, 2.05) is 0 Å².